The molecule has 3 nitrogen and oxygen atoms in total. The Labute approximate surface area is 109 Å². The van der Waals surface area contributed by atoms with Gasteiger partial charge in [-0.3, -0.25) is 4.68 Å². The van der Waals surface area contributed by atoms with Crippen molar-refractivity contribution in [3.05, 3.63) is 18.0 Å². The van der Waals surface area contributed by atoms with E-state index in [1.54, 1.807) is 0 Å². The molecule has 0 aliphatic heterocycles. The van der Waals surface area contributed by atoms with E-state index in [9.17, 15) is 0 Å². The second-order valence-electron chi connectivity index (χ2n) is 4.60. The molecule has 0 aromatic carbocycles. The molecule has 4 heteroatoms. The quantitative estimate of drug-likeness (QED) is 0.774. The maximum absolute atomic E-state index is 4.20. The summed E-state index contributed by atoms with van der Waals surface area (Å²) in [5.41, 5.74) is 1.33. The molecule has 0 amide bonds. The molecular formula is C13H25N3S. The van der Waals surface area contributed by atoms with Crippen molar-refractivity contribution in [2.75, 3.05) is 12.8 Å². The van der Waals surface area contributed by atoms with E-state index in [4.69, 9.17) is 0 Å². The number of thioether (sulfide) groups is 1. The molecule has 0 spiro atoms. The minimum atomic E-state index is 0.606. The Kier molecular flexibility index (Phi) is 6.66. The van der Waals surface area contributed by atoms with Gasteiger partial charge in [-0.1, -0.05) is 13.8 Å². The second kappa shape index (κ2) is 7.77. The van der Waals surface area contributed by atoms with Crippen LogP contribution < -0.4 is 5.32 Å². The number of nitrogens with zero attached hydrogens (tertiary/aromatic N) is 2. The van der Waals surface area contributed by atoms with Crippen molar-refractivity contribution < 1.29 is 0 Å². The predicted octanol–water partition coefficient (Wildman–Crippen LogP) is 2.47. The molecular weight excluding hydrogens is 230 g/mol. The summed E-state index contributed by atoms with van der Waals surface area (Å²) >= 11 is 2.07. The van der Waals surface area contributed by atoms with Gasteiger partial charge in [0.2, 0.25) is 0 Å². The van der Waals surface area contributed by atoms with Crippen molar-refractivity contribution >= 4 is 11.8 Å². The minimum Gasteiger partial charge on any atom is -0.316 e. The van der Waals surface area contributed by atoms with E-state index in [-0.39, 0.29) is 0 Å². The van der Waals surface area contributed by atoms with Crippen LogP contribution in [0.1, 0.15) is 32.3 Å². The lowest BCUT2D eigenvalue weighted by molar-refractivity contribution is 0.572. The topological polar surface area (TPSA) is 29.9 Å². The first-order chi connectivity index (χ1) is 8.15. The summed E-state index contributed by atoms with van der Waals surface area (Å²) in [6.45, 7) is 4.56. The van der Waals surface area contributed by atoms with E-state index in [2.05, 4.69) is 49.3 Å². The fourth-order valence-electron chi connectivity index (χ4n) is 1.65. The number of hydrogen-bond acceptors (Lipinski definition) is 3. The van der Waals surface area contributed by atoms with Gasteiger partial charge in [-0.15, -0.1) is 0 Å². The van der Waals surface area contributed by atoms with Gasteiger partial charge in [-0.2, -0.15) is 16.9 Å². The Morgan fingerprint density at radius 2 is 2.29 bits per heavy atom. The van der Waals surface area contributed by atoms with Gasteiger partial charge >= 0.3 is 0 Å². The summed E-state index contributed by atoms with van der Waals surface area (Å²) in [6, 6.07) is 0.606. The lowest BCUT2D eigenvalue weighted by Gasteiger charge is -2.17. The van der Waals surface area contributed by atoms with Crippen molar-refractivity contribution in [3.8, 4) is 0 Å². The van der Waals surface area contributed by atoms with Crippen molar-refractivity contribution in [3.63, 3.8) is 0 Å². The van der Waals surface area contributed by atoms with E-state index in [0.29, 0.717) is 6.04 Å². The number of aryl methyl sites for hydroxylation is 2. The Balaban J connectivity index is 2.27. The molecule has 1 aromatic rings. The smallest absolute Gasteiger partial charge is 0.0521 e. The molecule has 1 heterocycles. The number of aromatic nitrogens is 2. The van der Waals surface area contributed by atoms with Crippen LogP contribution in [-0.2, 0) is 13.5 Å². The van der Waals surface area contributed by atoms with Gasteiger partial charge in [0.1, 0.15) is 0 Å². The van der Waals surface area contributed by atoms with Gasteiger partial charge in [0, 0.05) is 30.3 Å². The standard InChI is InChI=1S/C13H25N3S/c1-5-11(2)17-10-13(14-3)7-6-12-8-15-16(4)9-12/h8-9,11,13-14H,5-7,10H2,1-4H3. The van der Waals surface area contributed by atoms with Crippen LogP contribution in [0.25, 0.3) is 0 Å². The molecule has 0 saturated carbocycles. The zero-order valence-corrected chi connectivity index (χ0v) is 12.3. The maximum Gasteiger partial charge on any atom is 0.0521 e. The van der Waals surface area contributed by atoms with E-state index in [1.807, 2.05) is 17.9 Å². The normalized spacial score (nSPS) is 14.8. The highest BCUT2D eigenvalue weighted by Gasteiger charge is 2.09. The summed E-state index contributed by atoms with van der Waals surface area (Å²) in [5.74, 6) is 1.20. The summed E-state index contributed by atoms with van der Waals surface area (Å²) in [7, 11) is 4.03. The van der Waals surface area contributed by atoms with Crippen LogP contribution in [0.3, 0.4) is 0 Å². The van der Waals surface area contributed by atoms with E-state index in [1.165, 1.54) is 24.2 Å². The molecule has 2 unspecified atom stereocenters. The van der Waals surface area contributed by atoms with Crippen molar-refractivity contribution in [2.45, 2.75) is 44.4 Å². The third-order valence-electron chi connectivity index (χ3n) is 3.10. The number of nitrogens with one attached hydrogen (secondary N) is 1. The first-order valence-corrected chi connectivity index (χ1v) is 7.47. The molecule has 0 radical (unpaired) electrons. The summed E-state index contributed by atoms with van der Waals surface area (Å²) in [6.07, 6.45) is 7.62. The minimum absolute atomic E-state index is 0.606. The SMILES string of the molecule is CCC(C)SCC(CCc1cnn(C)c1)NC. The van der Waals surface area contributed by atoms with Crippen LogP contribution in [0.4, 0.5) is 0 Å². The first-order valence-electron chi connectivity index (χ1n) is 6.42. The Bertz CT molecular complexity index is 311. The summed E-state index contributed by atoms with van der Waals surface area (Å²) in [4.78, 5) is 0. The van der Waals surface area contributed by atoms with Gasteiger partial charge in [0.05, 0.1) is 6.20 Å². The van der Waals surface area contributed by atoms with E-state index in [0.717, 1.165) is 11.7 Å². The number of rotatable bonds is 8. The Hall–Kier alpha value is -0.480. The monoisotopic (exact) mass is 255 g/mol. The Morgan fingerprint density at radius 3 is 2.82 bits per heavy atom. The van der Waals surface area contributed by atoms with Crippen LogP contribution in [0.5, 0.6) is 0 Å². The highest BCUT2D eigenvalue weighted by Crippen LogP contribution is 2.16. The zero-order valence-electron chi connectivity index (χ0n) is 11.4. The van der Waals surface area contributed by atoms with E-state index >= 15 is 0 Å². The second-order valence-corrected chi connectivity index (χ2v) is 6.07. The molecule has 1 rings (SSSR count). The molecule has 0 aliphatic carbocycles. The zero-order chi connectivity index (χ0) is 12.7. The summed E-state index contributed by atoms with van der Waals surface area (Å²) < 4.78 is 1.87. The third kappa shape index (κ3) is 5.59. The predicted molar refractivity (Wildman–Crippen MR) is 76.6 cm³/mol. The van der Waals surface area contributed by atoms with Crippen LogP contribution in [0.15, 0.2) is 12.4 Å². The highest BCUT2D eigenvalue weighted by molar-refractivity contribution is 7.99. The van der Waals surface area contributed by atoms with Crippen molar-refractivity contribution in [1.29, 1.82) is 0 Å². The average Bonchev–Trinajstić information content (AvgIpc) is 2.75. The van der Waals surface area contributed by atoms with Crippen molar-refractivity contribution in [2.24, 2.45) is 7.05 Å². The fourth-order valence-corrected chi connectivity index (χ4v) is 2.78. The fraction of sp³-hybridized carbons (Fsp3) is 0.769. The van der Waals surface area contributed by atoms with Gasteiger partial charge in [-0.05, 0) is 31.9 Å². The molecule has 98 valence electrons. The third-order valence-corrected chi connectivity index (χ3v) is 4.60. The lowest BCUT2D eigenvalue weighted by Crippen LogP contribution is -2.29. The molecule has 0 bridgehead atoms. The Morgan fingerprint density at radius 1 is 1.53 bits per heavy atom. The van der Waals surface area contributed by atoms with Gasteiger partial charge in [-0.25, -0.2) is 0 Å². The molecule has 1 N–H and O–H groups in total. The largest absolute Gasteiger partial charge is 0.316 e. The van der Waals surface area contributed by atoms with Crippen LogP contribution in [0, 0.1) is 0 Å². The van der Waals surface area contributed by atoms with Gasteiger partial charge in [0.25, 0.3) is 0 Å². The molecule has 1 aromatic heterocycles. The van der Waals surface area contributed by atoms with Gasteiger partial charge < -0.3 is 5.32 Å². The van der Waals surface area contributed by atoms with Gasteiger partial charge in [0.15, 0.2) is 0 Å². The maximum atomic E-state index is 4.20. The van der Waals surface area contributed by atoms with Crippen LogP contribution in [0.2, 0.25) is 0 Å². The summed E-state index contributed by atoms with van der Waals surface area (Å²) in [5, 5.41) is 8.38. The number of hydrogen-bond donors (Lipinski definition) is 1. The average molecular weight is 255 g/mol. The van der Waals surface area contributed by atoms with E-state index < -0.39 is 0 Å². The van der Waals surface area contributed by atoms with Crippen LogP contribution >= 0.6 is 11.8 Å². The highest BCUT2D eigenvalue weighted by atomic mass is 32.2. The lowest BCUT2D eigenvalue weighted by atomic mass is 10.1. The molecule has 2 atom stereocenters. The van der Waals surface area contributed by atoms with Crippen molar-refractivity contribution in [1.82, 2.24) is 15.1 Å². The molecule has 0 aliphatic rings. The molecule has 0 saturated heterocycles. The molecule has 0 fully saturated rings. The molecule has 17 heavy (non-hydrogen) atoms. The van der Waals surface area contributed by atoms with Crippen LogP contribution in [-0.4, -0.2) is 33.9 Å². The first kappa shape index (κ1) is 14.6.